The van der Waals surface area contributed by atoms with Crippen molar-refractivity contribution in [2.45, 2.75) is 13.3 Å². The molecule has 2 rings (SSSR count). The fourth-order valence-electron chi connectivity index (χ4n) is 1.75. The van der Waals surface area contributed by atoms with Gasteiger partial charge in [0.2, 0.25) is 0 Å². The second-order valence-corrected chi connectivity index (χ2v) is 4.61. The first kappa shape index (κ1) is 10.7. The molecule has 1 aromatic heterocycles. The number of halogens is 2. The molecule has 0 aliphatic heterocycles. The van der Waals surface area contributed by atoms with Crippen molar-refractivity contribution in [3.05, 3.63) is 35.8 Å². The predicted octanol–water partition coefficient (Wildman–Crippen LogP) is 3.88. The molecule has 0 saturated heterocycles. The molecule has 0 aliphatic carbocycles. The topological polar surface area (TPSA) is 15.8 Å². The molecule has 80 valence electrons. The maximum absolute atomic E-state index is 13.1. The molecule has 0 fully saturated rings. The minimum atomic E-state index is -0.171. The zero-order valence-electron chi connectivity index (χ0n) is 8.56. The lowest BCUT2D eigenvalue weighted by atomic mass is 10.0. The highest BCUT2D eigenvalue weighted by Crippen LogP contribution is 2.22. The molecule has 1 nitrogen and oxygen atoms in total. The molecule has 1 N–H and O–H groups in total. The summed E-state index contributed by atoms with van der Waals surface area (Å²) >= 11 is 3.45. The molecule has 1 heterocycles. The molecule has 1 atom stereocenters. The molecule has 2 aromatic rings. The Morgan fingerprint density at radius 1 is 1.47 bits per heavy atom. The van der Waals surface area contributed by atoms with Gasteiger partial charge in [-0.15, -0.1) is 0 Å². The van der Waals surface area contributed by atoms with Crippen LogP contribution in [0.1, 0.15) is 12.5 Å². The maximum atomic E-state index is 13.1. The van der Waals surface area contributed by atoms with Crippen LogP contribution >= 0.6 is 15.9 Å². The smallest absolute Gasteiger partial charge is 0.123 e. The van der Waals surface area contributed by atoms with Crippen LogP contribution in [-0.2, 0) is 6.42 Å². The van der Waals surface area contributed by atoms with Crippen molar-refractivity contribution in [1.29, 1.82) is 0 Å². The van der Waals surface area contributed by atoms with Crippen molar-refractivity contribution >= 4 is 26.8 Å². The van der Waals surface area contributed by atoms with Gasteiger partial charge in [0, 0.05) is 22.4 Å². The van der Waals surface area contributed by atoms with Crippen LogP contribution < -0.4 is 0 Å². The number of fused-ring (bicyclic) bond motifs is 1. The van der Waals surface area contributed by atoms with E-state index in [0.29, 0.717) is 5.92 Å². The summed E-state index contributed by atoms with van der Waals surface area (Å²) in [6, 6.07) is 4.87. The van der Waals surface area contributed by atoms with E-state index < -0.39 is 0 Å². The van der Waals surface area contributed by atoms with E-state index in [1.165, 1.54) is 11.6 Å². The highest BCUT2D eigenvalue weighted by atomic mass is 79.9. The Hall–Kier alpha value is -0.830. The Bertz CT molecular complexity index is 464. The summed E-state index contributed by atoms with van der Waals surface area (Å²) in [4.78, 5) is 3.16. The molecule has 0 aliphatic rings. The van der Waals surface area contributed by atoms with Crippen molar-refractivity contribution < 1.29 is 4.39 Å². The Labute approximate surface area is 96.8 Å². The molecule has 1 aromatic carbocycles. The molecule has 15 heavy (non-hydrogen) atoms. The summed E-state index contributed by atoms with van der Waals surface area (Å²) in [5.74, 6) is 0.391. The zero-order chi connectivity index (χ0) is 10.8. The lowest BCUT2D eigenvalue weighted by Gasteiger charge is -2.05. The molecule has 3 heteroatoms. The number of H-pyrrole nitrogens is 1. The number of alkyl halides is 1. The van der Waals surface area contributed by atoms with Crippen molar-refractivity contribution in [2.75, 3.05) is 5.33 Å². The number of rotatable bonds is 3. The van der Waals surface area contributed by atoms with E-state index in [4.69, 9.17) is 0 Å². The number of benzene rings is 1. The van der Waals surface area contributed by atoms with Crippen molar-refractivity contribution in [3.8, 4) is 0 Å². The number of nitrogens with one attached hydrogen (secondary N) is 1. The Kier molecular flexibility index (Phi) is 3.10. The van der Waals surface area contributed by atoms with Crippen molar-refractivity contribution in [3.63, 3.8) is 0 Å². The predicted molar refractivity (Wildman–Crippen MR) is 64.9 cm³/mol. The molecular weight excluding hydrogens is 257 g/mol. The first-order chi connectivity index (χ1) is 7.20. The van der Waals surface area contributed by atoms with Gasteiger partial charge in [0.25, 0.3) is 0 Å². The van der Waals surface area contributed by atoms with E-state index in [1.54, 1.807) is 12.1 Å². The van der Waals surface area contributed by atoms with E-state index in [0.717, 1.165) is 22.7 Å². The Balaban J connectivity index is 2.39. The normalized spacial score (nSPS) is 13.3. The molecule has 0 radical (unpaired) electrons. The van der Waals surface area contributed by atoms with Gasteiger partial charge in [0.1, 0.15) is 5.82 Å². The third kappa shape index (κ3) is 2.23. The first-order valence-corrected chi connectivity index (χ1v) is 6.14. The van der Waals surface area contributed by atoms with E-state index in [2.05, 4.69) is 27.8 Å². The van der Waals surface area contributed by atoms with Crippen LogP contribution in [0.3, 0.4) is 0 Å². The van der Waals surface area contributed by atoms with Crippen molar-refractivity contribution in [2.24, 2.45) is 5.92 Å². The van der Waals surface area contributed by atoms with Gasteiger partial charge in [0.05, 0.1) is 0 Å². The van der Waals surface area contributed by atoms with Gasteiger partial charge >= 0.3 is 0 Å². The maximum Gasteiger partial charge on any atom is 0.123 e. The van der Waals surface area contributed by atoms with Crippen LogP contribution in [0.5, 0.6) is 0 Å². The van der Waals surface area contributed by atoms with Gasteiger partial charge in [0.15, 0.2) is 0 Å². The number of hydrogen-bond acceptors (Lipinski definition) is 0. The van der Waals surface area contributed by atoms with Gasteiger partial charge < -0.3 is 4.98 Å². The van der Waals surface area contributed by atoms with Gasteiger partial charge in [-0.05, 0) is 36.1 Å². The van der Waals surface area contributed by atoms with Gasteiger partial charge in [-0.1, -0.05) is 22.9 Å². The lowest BCUT2D eigenvalue weighted by Crippen LogP contribution is -1.99. The fraction of sp³-hybridized carbons (Fsp3) is 0.333. The molecule has 0 spiro atoms. The third-order valence-corrected chi connectivity index (χ3v) is 3.67. The SMILES string of the molecule is CC(CBr)Cc1c[nH]c2ccc(F)cc12. The Morgan fingerprint density at radius 2 is 2.27 bits per heavy atom. The summed E-state index contributed by atoms with van der Waals surface area (Å²) in [5, 5.41) is 1.97. The molecule has 0 amide bonds. The number of hydrogen-bond donors (Lipinski definition) is 1. The first-order valence-electron chi connectivity index (χ1n) is 5.02. The van der Waals surface area contributed by atoms with Crippen LogP contribution in [0.4, 0.5) is 4.39 Å². The van der Waals surface area contributed by atoms with E-state index in [-0.39, 0.29) is 5.82 Å². The largest absolute Gasteiger partial charge is 0.361 e. The number of aromatic nitrogens is 1. The second kappa shape index (κ2) is 4.35. The average molecular weight is 270 g/mol. The van der Waals surface area contributed by atoms with Crippen LogP contribution in [0.25, 0.3) is 10.9 Å². The average Bonchev–Trinajstić information content (AvgIpc) is 2.61. The summed E-state index contributed by atoms with van der Waals surface area (Å²) in [6.07, 6.45) is 2.94. The third-order valence-electron chi connectivity index (χ3n) is 2.56. The quantitative estimate of drug-likeness (QED) is 0.814. The summed E-state index contributed by atoms with van der Waals surface area (Å²) in [5.41, 5.74) is 2.20. The lowest BCUT2D eigenvalue weighted by molar-refractivity contribution is 0.629. The van der Waals surface area contributed by atoms with E-state index >= 15 is 0 Å². The van der Waals surface area contributed by atoms with Crippen LogP contribution in [0, 0.1) is 11.7 Å². The molecule has 0 bridgehead atoms. The zero-order valence-corrected chi connectivity index (χ0v) is 10.1. The van der Waals surface area contributed by atoms with E-state index in [1.807, 2.05) is 6.20 Å². The second-order valence-electron chi connectivity index (χ2n) is 3.97. The van der Waals surface area contributed by atoms with Crippen LogP contribution in [0.2, 0.25) is 0 Å². The molecule has 1 unspecified atom stereocenters. The summed E-state index contributed by atoms with van der Waals surface area (Å²) in [7, 11) is 0. The molecule has 0 saturated carbocycles. The minimum absolute atomic E-state index is 0.171. The Morgan fingerprint density at radius 3 is 3.00 bits per heavy atom. The summed E-state index contributed by atoms with van der Waals surface area (Å²) < 4.78 is 13.1. The van der Waals surface area contributed by atoms with Crippen LogP contribution in [-0.4, -0.2) is 10.3 Å². The minimum Gasteiger partial charge on any atom is -0.361 e. The summed E-state index contributed by atoms with van der Waals surface area (Å²) in [6.45, 7) is 2.17. The van der Waals surface area contributed by atoms with Gasteiger partial charge in [-0.25, -0.2) is 4.39 Å². The molecular formula is C12H13BrFN. The monoisotopic (exact) mass is 269 g/mol. The highest BCUT2D eigenvalue weighted by Gasteiger charge is 2.08. The van der Waals surface area contributed by atoms with E-state index in [9.17, 15) is 4.39 Å². The van der Waals surface area contributed by atoms with Crippen LogP contribution in [0.15, 0.2) is 24.4 Å². The fourth-order valence-corrected chi connectivity index (χ4v) is 1.98. The standard InChI is InChI=1S/C12H13BrFN/c1-8(6-13)4-9-7-15-12-3-2-10(14)5-11(9)12/h2-3,5,7-8,15H,4,6H2,1H3. The highest BCUT2D eigenvalue weighted by molar-refractivity contribution is 9.09. The van der Waals surface area contributed by atoms with Crippen molar-refractivity contribution in [1.82, 2.24) is 4.98 Å². The number of aromatic amines is 1. The van der Waals surface area contributed by atoms with Gasteiger partial charge in [-0.2, -0.15) is 0 Å². The van der Waals surface area contributed by atoms with Gasteiger partial charge in [-0.3, -0.25) is 0 Å².